The second kappa shape index (κ2) is 7.07. The molecule has 0 atom stereocenters. The fraction of sp³-hybridized carbons (Fsp3) is 0.0556. The number of carbonyl (C=O) groups is 1. The van der Waals surface area contributed by atoms with Gasteiger partial charge in [0.1, 0.15) is 0 Å². The lowest BCUT2D eigenvalue weighted by Crippen LogP contribution is -2.22. The Labute approximate surface area is 163 Å². The summed E-state index contributed by atoms with van der Waals surface area (Å²) >= 11 is 13.4. The molecule has 0 unspecified atom stereocenters. The molecule has 2 aromatic carbocycles. The Kier molecular flexibility index (Phi) is 4.63. The molecule has 0 spiro atoms. The number of benzene rings is 2. The first-order valence-corrected chi connectivity index (χ1v) is 9.30. The molecule has 4 rings (SSSR count). The van der Waals surface area contributed by atoms with Crippen molar-refractivity contribution in [1.29, 1.82) is 0 Å². The summed E-state index contributed by atoms with van der Waals surface area (Å²) in [5, 5.41) is 8.75. The van der Waals surface area contributed by atoms with Gasteiger partial charge in [0.15, 0.2) is 0 Å². The van der Waals surface area contributed by atoms with Gasteiger partial charge < -0.3 is 5.32 Å². The lowest BCUT2D eigenvalue weighted by Gasteiger charge is -2.05. The number of hydrogen-bond acceptors (Lipinski definition) is 4. The standard InChI is InChI=1S/C18H12Cl2N4OS/c19-13-6-5-11(7-14(13)20)8-21-17(25)12-9-22-24(10-12)18-23-15-3-1-2-4-16(15)26-18/h1-7,9-10H,8H2,(H,21,25). The van der Waals surface area contributed by atoms with Gasteiger partial charge in [-0.15, -0.1) is 0 Å². The minimum Gasteiger partial charge on any atom is -0.348 e. The van der Waals surface area contributed by atoms with Crippen LogP contribution < -0.4 is 5.32 Å². The van der Waals surface area contributed by atoms with Gasteiger partial charge >= 0.3 is 0 Å². The Morgan fingerprint density at radius 2 is 2.00 bits per heavy atom. The SMILES string of the molecule is O=C(NCc1ccc(Cl)c(Cl)c1)c1cnn(-c2nc3ccccc3s2)c1. The summed E-state index contributed by atoms with van der Waals surface area (Å²) in [7, 11) is 0. The third-order valence-corrected chi connectivity index (χ3v) is 5.53. The minimum absolute atomic E-state index is 0.219. The lowest BCUT2D eigenvalue weighted by molar-refractivity contribution is 0.0951. The van der Waals surface area contributed by atoms with Crippen LogP contribution in [-0.2, 0) is 6.54 Å². The van der Waals surface area contributed by atoms with Crippen LogP contribution in [0.2, 0.25) is 10.0 Å². The molecule has 1 N–H and O–H groups in total. The van der Waals surface area contributed by atoms with Gasteiger partial charge in [-0.2, -0.15) is 5.10 Å². The molecule has 0 radical (unpaired) electrons. The van der Waals surface area contributed by atoms with Crippen molar-refractivity contribution in [2.45, 2.75) is 6.54 Å². The van der Waals surface area contributed by atoms with Crippen molar-refractivity contribution in [3.63, 3.8) is 0 Å². The Morgan fingerprint density at radius 3 is 2.81 bits per heavy atom. The molecule has 130 valence electrons. The summed E-state index contributed by atoms with van der Waals surface area (Å²) in [5.74, 6) is -0.219. The van der Waals surface area contributed by atoms with E-state index in [1.807, 2.05) is 30.3 Å². The van der Waals surface area contributed by atoms with Crippen molar-refractivity contribution in [3.8, 4) is 5.13 Å². The van der Waals surface area contributed by atoms with Gasteiger partial charge in [0.25, 0.3) is 5.91 Å². The molecular formula is C18H12Cl2N4OS. The van der Waals surface area contributed by atoms with Crippen molar-refractivity contribution in [1.82, 2.24) is 20.1 Å². The minimum atomic E-state index is -0.219. The summed E-state index contributed by atoms with van der Waals surface area (Å²) in [4.78, 5) is 16.9. The van der Waals surface area contributed by atoms with E-state index in [0.29, 0.717) is 22.2 Å². The fourth-order valence-corrected chi connectivity index (χ4v) is 3.66. The zero-order chi connectivity index (χ0) is 18.1. The van der Waals surface area contributed by atoms with Gasteiger partial charge in [0.2, 0.25) is 5.13 Å². The number of aromatic nitrogens is 3. The zero-order valence-corrected chi connectivity index (χ0v) is 15.6. The maximum absolute atomic E-state index is 12.3. The number of carbonyl (C=O) groups excluding carboxylic acids is 1. The third-order valence-electron chi connectivity index (χ3n) is 3.76. The Morgan fingerprint density at radius 1 is 1.15 bits per heavy atom. The number of hydrogen-bond donors (Lipinski definition) is 1. The van der Waals surface area contributed by atoms with Gasteiger partial charge in [-0.25, -0.2) is 9.67 Å². The molecule has 26 heavy (non-hydrogen) atoms. The summed E-state index contributed by atoms with van der Waals surface area (Å²) in [6.45, 7) is 0.349. The first-order chi connectivity index (χ1) is 12.6. The van der Waals surface area contributed by atoms with Crippen LogP contribution in [0.4, 0.5) is 0 Å². The average Bonchev–Trinajstić information content (AvgIpc) is 3.29. The summed E-state index contributed by atoms with van der Waals surface area (Å²) < 4.78 is 2.68. The number of nitrogens with zero attached hydrogens (tertiary/aromatic N) is 3. The molecule has 4 aromatic rings. The summed E-state index contributed by atoms with van der Waals surface area (Å²) in [6, 6.07) is 13.1. The highest BCUT2D eigenvalue weighted by Gasteiger charge is 2.12. The molecule has 2 heterocycles. The van der Waals surface area contributed by atoms with Crippen molar-refractivity contribution in [2.24, 2.45) is 0 Å². The number of rotatable bonds is 4. The average molecular weight is 403 g/mol. The van der Waals surface area contributed by atoms with Crippen LogP contribution in [0.5, 0.6) is 0 Å². The van der Waals surface area contributed by atoms with Crippen molar-refractivity contribution in [3.05, 3.63) is 76.0 Å². The molecule has 0 saturated heterocycles. The number of para-hydroxylation sites is 1. The van der Waals surface area contributed by atoms with Crippen LogP contribution in [0.1, 0.15) is 15.9 Å². The van der Waals surface area contributed by atoms with Crippen molar-refractivity contribution >= 4 is 50.7 Å². The van der Waals surface area contributed by atoms with E-state index in [2.05, 4.69) is 15.4 Å². The van der Waals surface area contributed by atoms with Crippen LogP contribution in [0, 0.1) is 0 Å². The molecule has 8 heteroatoms. The second-order valence-electron chi connectivity index (χ2n) is 5.57. The van der Waals surface area contributed by atoms with Crippen LogP contribution in [0.15, 0.2) is 54.9 Å². The number of halogens is 2. The number of amides is 1. The predicted octanol–water partition coefficient (Wildman–Crippen LogP) is 4.72. The molecule has 0 aliphatic rings. The molecule has 1 amide bonds. The Balaban J connectivity index is 1.48. The molecule has 0 fully saturated rings. The highest BCUT2D eigenvalue weighted by molar-refractivity contribution is 7.20. The second-order valence-corrected chi connectivity index (χ2v) is 7.39. The van der Waals surface area contributed by atoms with Crippen LogP contribution in [0.3, 0.4) is 0 Å². The van der Waals surface area contributed by atoms with Gasteiger partial charge in [-0.3, -0.25) is 4.79 Å². The predicted molar refractivity (Wildman–Crippen MR) is 104 cm³/mol. The van der Waals surface area contributed by atoms with Gasteiger partial charge in [0.05, 0.1) is 32.0 Å². The molecule has 5 nitrogen and oxygen atoms in total. The van der Waals surface area contributed by atoms with E-state index in [0.717, 1.165) is 20.9 Å². The molecule has 0 saturated carbocycles. The van der Waals surface area contributed by atoms with Crippen LogP contribution in [-0.4, -0.2) is 20.7 Å². The first-order valence-electron chi connectivity index (χ1n) is 7.73. The molecule has 0 aliphatic heterocycles. The van der Waals surface area contributed by atoms with Crippen LogP contribution >= 0.6 is 34.5 Å². The van der Waals surface area contributed by atoms with Crippen molar-refractivity contribution < 1.29 is 4.79 Å². The van der Waals surface area contributed by atoms with Crippen molar-refractivity contribution in [2.75, 3.05) is 0 Å². The van der Waals surface area contributed by atoms with E-state index < -0.39 is 0 Å². The Bertz CT molecular complexity index is 1070. The normalized spacial score (nSPS) is 11.0. The first kappa shape index (κ1) is 17.0. The quantitative estimate of drug-likeness (QED) is 0.537. The number of nitrogens with one attached hydrogen (secondary N) is 1. The molecule has 0 aliphatic carbocycles. The van der Waals surface area contributed by atoms with Gasteiger partial charge in [-0.05, 0) is 29.8 Å². The molecular weight excluding hydrogens is 391 g/mol. The third kappa shape index (κ3) is 3.44. The smallest absolute Gasteiger partial charge is 0.254 e. The van der Waals surface area contributed by atoms with E-state index in [9.17, 15) is 4.79 Å². The topological polar surface area (TPSA) is 59.8 Å². The maximum atomic E-state index is 12.3. The highest BCUT2D eigenvalue weighted by Crippen LogP contribution is 2.24. The Hall–Kier alpha value is -2.41. The lowest BCUT2D eigenvalue weighted by atomic mass is 10.2. The van der Waals surface area contributed by atoms with Gasteiger partial charge in [0, 0.05) is 12.7 Å². The summed E-state index contributed by atoms with van der Waals surface area (Å²) in [6.07, 6.45) is 3.19. The van der Waals surface area contributed by atoms with E-state index in [1.165, 1.54) is 17.5 Å². The fourth-order valence-electron chi connectivity index (χ4n) is 2.44. The highest BCUT2D eigenvalue weighted by atomic mass is 35.5. The van der Waals surface area contributed by atoms with E-state index >= 15 is 0 Å². The number of fused-ring (bicyclic) bond motifs is 1. The van der Waals surface area contributed by atoms with Crippen LogP contribution in [0.25, 0.3) is 15.3 Å². The maximum Gasteiger partial charge on any atom is 0.254 e. The van der Waals surface area contributed by atoms with E-state index in [-0.39, 0.29) is 5.91 Å². The van der Waals surface area contributed by atoms with E-state index in [1.54, 1.807) is 23.0 Å². The van der Waals surface area contributed by atoms with E-state index in [4.69, 9.17) is 23.2 Å². The largest absolute Gasteiger partial charge is 0.348 e. The summed E-state index contributed by atoms with van der Waals surface area (Å²) in [5.41, 5.74) is 2.24. The molecule has 2 aromatic heterocycles. The molecule has 0 bridgehead atoms. The van der Waals surface area contributed by atoms with Gasteiger partial charge in [-0.1, -0.05) is 52.7 Å². The monoisotopic (exact) mass is 402 g/mol. The number of thiazole rings is 1. The zero-order valence-electron chi connectivity index (χ0n) is 13.3.